The number of carboxylic acids is 1. The number of hydrogen-bond donors (Lipinski definition) is 7. The molecule has 4 aliphatic rings. The molecule has 3 aromatic rings. The molecule has 3 aromatic carbocycles. The maximum Gasteiger partial charge on any atom is 0.326 e. The van der Waals surface area contributed by atoms with Crippen molar-refractivity contribution in [1.29, 1.82) is 0 Å². The lowest BCUT2D eigenvalue weighted by Gasteiger charge is -2.56. The number of carbonyl (C=O) groups is 6. The van der Waals surface area contributed by atoms with E-state index in [4.69, 9.17) is 0 Å². The van der Waals surface area contributed by atoms with E-state index in [1.807, 2.05) is 94.4 Å². The molecule has 4 aliphatic carbocycles. The number of nitrogens with one attached hydrogen (secondary N) is 6. The fourth-order valence-electron chi connectivity index (χ4n) is 10.4. The van der Waals surface area contributed by atoms with Gasteiger partial charge in [0.2, 0.25) is 23.6 Å². The van der Waals surface area contributed by atoms with Crippen molar-refractivity contribution in [1.82, 2.24) is 31.9 Å². The highest BCUT2D eigenvalue weighted by Crippen LogP contribution is 2.55. The SMILES string of the molecule is CC(C)C[C@@H](NC(=O)[C@H](Cc1ccccc1)NC(=O)[C@@H](CC(C)C)NC(=O)[C@H](Cc1ccccc1)NC(=O)NC12CC3CC(CC(C3)C1)C2)C(=O)N[C@@H](Cc1ccccc1)C(=O)O. The van der Waals surface area contributed by atoms with E-state index < -0.39 is 65.8 Å². The van der Waals surface area contributed by atoms with Crippen molar-refractivity contribution < 1.29 is 33.9 Å². The average Bonchev–Trinajstić information content (AvgIpc) is 3.22. The molecule has 7 N–H and O–H groups in total. The normalized spacial score (nSPS) is 22.2. The zero-order valence-electron chi connectivity index (χ0n) is 37.1. The molecular weight excluding hydrogens is 797 g/mol. The van der Waals surface area contributed by atoms with Gasteiger partial charge in [-0.1, -0.05) is 119 Å². The van der Waals surface area contributed by atoms with E-state index in [1.165, 1.54) is 19.3 Å². The Kier molecular flexibility index (Phi) is 16.0. The van der Waals surface area contributed by atoms with Gasteiger partial charge in [0, 0.05) is 24.8 Å². The largest absolute Gasteiger partial charge is 0.480 e. The molecule has 5 atom stereocenters. The average molecular weight is 863 g/mol. The van der Waals surface area contributed by atoms with Gasteiger partial charge >= 0.3 is 12.0 Å². The van der Waals surface area contributed by atoms with Crippen molar-refractivity contribution in [2.24, 2.45) is 29.6 Å². The Bertz CT molecular complexity index is 1990. The monoisotopic (exact) mass is 862 g/mol. The Balaban J connectivity index is 1.18. The third kappa shape index (κ3) is 13.6. The molecule has 0 aliphatic heterocycles. The van der Waals surface area contributed by atoms with Gasteiger partial charge < -0.3 is 37.0 Å². The highest BCUT2D eigenvalue weighted by Gasteiger charge is 2.51. The van der Waals surface area contributed by atoms with E-state index >= 15 is 0 Å². The van der Waals surface area contributed by atoms with E-state index in [1.54, 1.807) is 24.3 Å². The van der Waals surface area contributed by atoms with E-state index in [-0.39, 0.29) is 49.5 Å². The third-order valence-electron chi connectivity index (χ3n) is 12.8. The standard InChI is InChI=1S/C50H66N6O7/c1-31(2)20-39(52-47(60)42(26-34-16-10-6-11-17-34)55-49(63)56-50-28-36-22-37(29-50)24-38(23-36)30-50)44(57)53-41(25-33-14-8-5-9-15-33)46(59)51-40(21-32(3)4)45(58)54-43(48(61)62)27-35-18-12-7-13-19-35/h5-19,31-32,36-43H,20-30H2,1-4H3,(H,51,59)(H,52,60)(H,53,57)(H,54,58)(H,61,62)(H2,55,56,63)/t36?,37?,38?,39-,40-,41+,42+,43+,50?/m1/s1. The van der Waals surface area contributed by atoms with Gasteiger partial charge in [0.1, 0.15) is 30.2 Å². The Morgan fingerprint density at radius 1 is 0.492 bits per heavy atom. The Morgan fingerprint density at radius 2 is 0.810 bits per heavy atom. The second-order valence-corrected chi connectivity index (χ2v) is 19.3. The number of aliphatic carboxylic acids is 1. The van der Waals surface area contributed by atoms with Crippen molar-refractivity contribution >= 4 is 35.6 Å². The second-order valence-electron chi connectivity index (χ2n) is 19.3. The molecule has 0 aromatic heterocycles. The highest BCUT2D eigenvalue weighted by atomic mass is 16.4. The maximum absolute atomic E-state index is 14.4. The van der Waals surface area contributed by atoms with Gasteiger partial charge in [0.15, 0.2) is 0 Å². The van der Waals surface area contributed by atoms with Crippen molar-refractivity contribution in [3.63, 3.8) is 0 Å². The number of hydrogen-bond acceptors (Lipinski definition) is 6. The van der Waals surface area contributed by atoms with Gasteiger partial charge in [0.25, 0.3) is 0 Å². The van der Waals surface area contributed by atoms with Gasteiger partial charge in [0.05, 0.1) is 0 Å². The van der Waals surface area contributed by atoms with Crippen LogP contribution >= 0.6 is 0 Å². The molecule has 6 amide bonds. The minimum absolute atomic E-state index is 0.0421. The van der Waals surface area contributed by atoms with E-state index in [0.717, 1.165) is 36.0 Å². The Hall–Kier alpha value is -5.72. The smallest absolute Gasteiger partial charge is 0.326 e. The van der Waals surface area contributed by atoms with Gasteiger partial charge in [-0.25, -0.2) is 9.59 Å². The third-order valence-corrected chi connectivity index (χ3v) is 12.8. The first kappa shape index (κ1) is 46.8. The quantitative estimate of drug-likeness (QED) is 0.0738. The first-order valence-corrected chi connectivity index (χ1v) is 22.8. The van der Waals surface area contributed by atoms with Crippen LogP contribution in [0.3, 0.4) is 0 Å². The predicted octanol–water partition coefficient (Wildman–Crippen LogP) is 5.47. The summed E-state index contributed by atoms with van der Waals surface area (Å²) in [5.41, 5.74) is 2.05. The summed E-state index contributed by atoms with van der Waals surface area (Å²) >= 11 is 0. The van der Waals surface area contributed by atoms with E-state index in [9.17, 15) is 33.9 Å². The molecule has 0 saturated heterocycles. The van der Waals surface area contributed by atoms with Crippen molar-refractivity contribution in [3.8, 4) is 0 Å². The van der Waals surface area contributed by atoms with Gasteiger partial charge in [-0.2, -0.15) is 0 Å². The molecule has 338 valence electrons. The lowest BCUT2D eigenvalue weighted by Crippen LogP contribution is -2.63. The van der Waals surface area contributed by atoms with Crippen LogP contribution in [0.15, 0.2) is 91.0 Å². The molecule has 4 saturated carbocycles. The summed E-state index contributed by atoms with van der Waals surface area (Å²) in [5.74, 6) is -1.86. The summed E-state index contributed by atoms with van der Waals surface area (Å²) in [6.45, 7) is 7.63. The number of benzene rings is 3. The van der Waals surface area contributed by atoms with Crippen molar-refractivity contribution in [3.05, 3.63) is 108 Å². The number of carbonyl (C=O) groups excluding carboxylic acids is 5. The molecule has 0 unspecified atom stereocenters. The summed E-state index contributed by atoms with van der Waals surface area (Å²) in [5, 5.41) is 27.6. The minimum Gasteiger partial charge on any atom is -0.480 e. The lowest BCUT2D eigenvalue weighted by atomic mass is 9.53. The molecule has 0 heterocycles. The van der Waals surface area contributed by atoms with Crippen LogP contribution in [0.25, 0.3) is 0 Å². The summed E-state index contributed by atoms with van der Waals surface area (Å²) in [6.07, 6.45) is 7.32. The van der Waals surface area contributed by atoms with Crippen LogP contribution in [0, 0.1) is 29.6 Å². The summed E-state index contributed by atoms with van der Waals surface area (Å²) < 4.78 is 0. The summed E-state index contributed by atoms with van der Waals surface area (Å²) in [6, 6.07) is 21.5. The first-order valence-electron chi connectivity index (χ1n) is 22.8. The molecular formula is C50H66N6O7. The van der Waals surface area contributed by atoms with Gasteiger partial charge in [-0.3, -0.25) is 19.2 Å². The number of urea groups is 1. The zero-order chi connectivity index (χ0) is 45.1. The van der Waals surface area contributed by atoms with Crippen molar-refractivity contribution in [2.45, 2.75) is 134 Å². The van der Waals surface area contributed by atoms with Gasteiger partial charge in [-0.05, 0) is 97.6 Å². The van der Waals surface area contributed by atoms with Crippen LogP contribution in [-0.2, 0) is 43.2 Å². The van der Waals surface area contributed by atoms with E-state index in [2.05, 4.69) is 31.9 Å². The predicted molar refractivity (Wildman–Crippen MR) is 241 cm³/mol. The molecule has 0 spiro atoms. The minimum atomic E-state index is -1.24. The van der Waals surface area contributed by atoms with Crippen LogP contribution in [0.2, 0.25) is 0 Å². The van der Waals surface area contributed by atoms with E-state index in [0.29, 0.717) is 17.8 Å². The molecule has 7 rings (SSSR count). The summed E-state index contributed by atoms with van der Waals surface area (Å²) in [7, 11) is 0. The number of rotatable bonds is 21. The van der Waals surface area contributed by atoms with Crippen LogP contribution in [0.1, 0.15) is 95.8 Å². The first-order chi connectivity index (χ1) is 30.1. The van der Waals surface area contributed by atoms with Crippen LogP contribution in [0.5, 0.6) is 0 Å². The summed E-state index contributed by atoms with van der Waals surface area (Å²) in [4.78, 5) is 82.9. The van der Waals surface area contributed by atoms with Crippen LogP contribution in [0.4, 0.5) is 4.79 Å². The highest BCUT2D eigenvalue weighted by molar-refractivity contribution is 5.96. The molecule has 63 heavy (non-hydrogen) atoms. The Morgan fingerprint density at radius 3 is 1.17 bits per heavy atom. The van der Waals surface area contributed by atoms with Crippen molar-refractivity contribution in [2.75, 3.05) is 0 Å². The topological polar surface area (TPSA) is 195 Å². The molecule has 0 radical (unpaired) electrons. The molecule has 13 heteroatoms. The molecule has 4 bridgehead atoms. The van der Waals surface area contributed by atoms with Crippen LogP contribution < -0.4 is 31.9 Å². The van der Waals surface area contributed by atoms with Gasteiger partial charge in [-0.15, -0.1) is 0 Å². The fourth-order valence-corrected chi connectivity index (χ4v) is 10.4. The van der Waals surface area contributed by atoms with Crippen LogP contribution in [-0.4, -0.2) is 76.5 Å². The molecule has 4 fully saturated rings. The lowest BCUT2D eigenvalue weighted by molar-refractivity contribution is -0.142. The number of carboxylic acid groups (broad SMARTS) is 1. The maximum atomic E-state index is 14.4. The number of amides is 6. The second kappa shape index (κ2) is 21.6. The fraction of sp³-hybridized carbons (Fsp3) is 0.520. The Labute approximate surface area is 371 Å². The zero-order valence-corrected chi connectivity index (χ0v) is 37.1. The molecule has 13 nitrogen and oxygen atoms in total.